The second kappa shape index (κ2) is 9.03. The third-order valence-electron chi connectivity index (χ3n) is 2.77. The SMILES string of the molecule is C#CCOc1ccccc1CNCc1ccccc1.Cl. The Bertz CT molecular complexity index is 548. The van der Waals surface area contributed by atoms with Crippen LogP contribution in [0.5, 0.6) is 5.75 Å². The third-order valence-corrected chi connectivity index (χ3v) is 2.77. The first kappa shape index (κ1) is 16.1. The zero-order valence-corrected chi connectivity index (χ0v) is 12.0. The van der Waals surface area contributed by atoms with E-state index in [2.05, 4.69) is 23.4 Å². The normalized spacial score (nSPS) is 9.35. The first-order chi connectivity index (χ1) is 9.40. The lowest BCUT2D eigenvalue weighted by atomic mass is 10.2. The van der Waals surface area contributed by atoms with Gasteiger partial charge in [0.25, 0.3) is 0 Å². The quantitative estimate of drug-likeness (QED) is 0.822. The van der Waals surface area contributed by atoms with Crippen LogP contribution in [0.25, 0.3) is 0 Å². The smallest absolute Gasteiger partial charge is 0.148 e. The van der Waals surface area contributed by atoms with Crippen molar-refractivity contribution in [3.05, 3.63) is 65.7 Å². The molecule has 0 aliphatic heterocycles. The standard InChI is InChI=1S/C17H17NO.ClH/c1-2-12-19-17-11-7-6-10-16(17)14-18-13-15-8-4-3-5-9-15;/h1,3-11,18H,12-14H2;1H. The first-order valence-corrected chi connectivity index (χ1v) is 6.29. The van der Waals surface area contributed by atoms with Crippen LogP contribution in [0.15, 0.2) is 54.6 Å². The van der Waals surface area contributed by atoms with E-state index in [0.717, 1.165) is 24.4 Å². The summed E-state index contributed by atoms with van der Waals surface area (Å²) in [7, 11) is 0. The van der Waals surface area contributed by atoms with E-state index in [1.807, 2.05) is 42.5 Å². The fraction of sp³-hybridized carbons (Fsp3) is 0.176. The van der Waals surface area contributed by atoms with Crippen molar-refractivity contribution in [1.29, 1.82) is 0 Å². The summed E-state index contributed by atoms with van der Waals surface area (Å²) in [6.07, 6.45) is 5.21. The maximum atomic E-state index is 5.51. The van der Waals surface area contributed by atoms with E-state index < -0.39 is 0 Å². The van der Waals surface area contributed by atoms with E-state index in [4.69, 9.17) is 11.2 Å². The number of hydrogen-bond acceptors (Lipinski definition) is 2. The number of para-hydroxylation sites is 1. The predicted octanol–water partition coefficient (Wildman–Crippen LogP) is 3.41. The van der Waals surface area contributed by atoms with Gasteiger partial charge in [-0.1, -0.05) is 54.5 Å². The molecular weight excluding hydrogens is 270 g/mol. The van der Waals surface area contributed by atoms with Crippen molar-refractivity contribution in [3.63, 3.8) is 0 Å². The second-order valence-corrected chi connectivity index (χ2v) is 4.19. The number of rotatable bonds is 6. The molecule has 20 heavy (non-hydrogen) atoms. The van der Waals surface area contributed by atoms with Crippen LogP contribution < -0.4 is 10.1 Å². The molecule has 0 aliphatic rings. The lowest BCUT2D eigenvalue weighted by molar-refractivity contribution is 0.365. The number of ether oxygens (including phenoxy) is 1. The number of terminal acetylenes is 1. The van der Waals surface area contributed by atoms with Gasteiger partial charge in [-0.2, -0.15) is 0 Å². The minimum Gasteiger partial charge on any atom is -0.481 e. The second-order valence-electron chi connectivity index (χ2n) is 4.19. The molecule has 2 nitrogen and oxygen atoms in total. The van der Waals surface area contributed by atoms with Gasteiger partial charge >= 0.3 is 0 Å². The molecule has 0 fully saturated rings. The molecule has 0 spiro atoms. The highest BCUT2D eigenvalue weighted by Crippen LogP contribution is 2.17. The van der Waals surface area contributed by atoms with E-state index in [0.29, 0.717) is 6.61 Å². The molecule has 0 heterocycles. The fourth-order valence-electron chi connectivity index (χ4n) is 1.85. The molecule has 3 heteroatoms. The molecule has 0 aliphatic carbocycles. The van der Waals surface area contributed by atoms with Crippen molar-refractivity contribution < 1.29 is 4.74 Å². The average Bonchev–Trinajstić information content (AvgIpc) is 2.47. The molecule has 2 aromatic carbocycles. The molecule has 0 bridgehead atoms. The largest absolute Gasteiger partial charge is 0.481 e. The highest BCUT2D eigenvalue weighted by atomic mass is 35.5. The zero-order valence-electron chi connectivity index (χ0n) is 11.2. The summed E-state index contributed by atoms with van der Waals surface area (Å²) in [6.45, 7) is 1.90. The Morgan fingerprint density at radius 3 is 2.40 bits per heavy atom. The van der Waals surface area contributed by atoms with Crippen LogP contribution >= 0.6 is 12.4 Å². The van der Waals surface area contributed by atoms with Gasteiger partial charge < -0.3 is 10.1 Å². The summed E-state index contributed by atoms with van der Waals surface area (Å²) in [5.41, 5.74) is 2.39. The molecule has 0 amide bonds. The number of halogens is 1. The molecule has 2 aromatic rings. The van der Waals surface area contributed by atoms with Crippen molar-refractivity contribution in [3.8, 4) is 18.1 Å². The Labute approximate surface area is 126 Å². The zero-order chi connectivity index (χ0) is 13.3. The van der Waals surface area contributed by atoms with Crippen LogP contribution in [0.2, 0.25) is 0 Å². The maximum Gasteiger partial charge on any atom is 0.148 e. The Kier molecular flexibility index (Phi) is 7.27. The van der Waals surface area contributed by atoms with E-state index in [1.54, 1.807) is 0 Å². The van der Waals surface area contributed by atoms with Gasteiger partial charge in [-0.05, 0) is 11.6 Å². The fourth-order valence-corrected chi connectivity index (χ4v) is 1.85. The molecular formula is C17H18ClNO. The molecule has 2 rings (SSSR count). The van der Waals surface area contributed by atoms with Crippen molar-refractivity contribution in [2.24, 2.45) is 0 Å². The number of hydrogen-bond donors (Lipinski definition) is 1. The number of nitrogens with one attached hydrogen (secondary N) is 1. The van der Waals surface area contributed by atoms with Crippen LogP contribution in [0.3, 0.4) is 0 Å². The van der Waals surface area contributed by atoms with Crippen molar-refractivity contribution in [2.75, 3.05) is 6.61 Å². The molecule has 1 N–H and O–H groups in total. The summed E-state index contributed by atoms with van der Waals surface area (Å²) in [5, 5.41) is 3.40. The van der Waals surface area contributed by atoms with Crippen LogP contribution in [-0.2, 0) is 13.1 Å². The van der Waals surface area contributed by atoms with Crippen LogP contribution in [0.4, 0.5) is 0 Å². The minimum atomic E-state index is 0. The van der Waals surface area contributed by atoms with Crippen molar-refractivity contribution in [1.82, 2.24) is 5.32 Å². The molecule has 0 saturated heterocycles. The van der Waals surface area contributed by atoms with E-state index in [1.165, 1.54) is 5.56 Å². The summed E-state index contributed by atoms with van der Waals surface area (Å²) in [5.74, 6) is 3.33. The Morgan fingerprint density at radius 2 is 1.65 bits per heavy atom. The van der Waals surface area contributed by atoms with Crippen LogP contribution in [0.1, 0.15) is 11.1 Å². The van der Waals surface area contributed by atoms with Crippen molar-refractivity contribution in [2.45, 2.75) is 13.1 Å². The van der Waals surface area contributed by atoms with E-state index in [9.17, 15) is 0 Å². The van der Waals surface area contributed by atoms with Crippen LogP contribution in [-0.4, -0.2) is 6.61 Å². The summed E-state index contributed by atoms with van der Waals surface area (Å²) >= 11 is 0. The van der Waals surface area contributed by atoms with Crippen molar-refractivity contribution >= 4 is 12.4 Å². The molecule has 104 valence electrons. The Balaban J connectivity index is 0.00000200. The van der Waals surface area contributed by atoms with Gasteiger partial charge in [0, 0.05) is 18.7 Å². The maximum absolute atomic E-state index is 5.51. The highest BCUT2D eigenvalue weighted by molar-refractivity contribution is 5.85. The monoisotopic (exact) mass is 287 g/mol. The molecule has 0 radical (unpaired) electrons. The van der Waals surface area contributed by atoms with Gasteiger partial charge in [-0.15, -0.1) is 18.8 Å². The third kappa shape index (κ3) is 4.97. The topological polar surface area (TPSA) is 21.3 Å². The molecule has 0 atom stereocenters. The van der Waals surface area contributed by atoms with Gasteiger partial charge in [-0.25, -0.2) is 0 Å². The van der Waals surface area contributed by atoms with Gasteiger partial charge in [-0.3, -0.25) is 0 Å². The summed E-state index contributed by atoms with van der Waals surface area (Å²) in [4.78, 5) is 0. The summed E-state index contributed by atoms with van der Waals surface area (Å²) < 4.78 is 5.51. The number of benzene rings is 2. The van der Waals surface area contributed by atoms with Gasteiger partial charge in [0.15, 0.2) is 0 Å². The molecule has 0 aromatic heterocycles. The predicted molar refractivity (Wildman–Crippen MR) is 85.0 cm³/mol. The Hall–Kier alpha value is -1.95. The van der Waals surface area contributed by atoms with Gasteiger partial charge in [0.1, 0.15) is 12.4 Å². The molecule has 0 saturated carbocycles. The Morgan fingerprint density at radius 1 is 0.950 bits per heavy atom. The van der Waals surface area contributed by atoms with Crippen LogP contribution in [0, 0.1) is 12.3 Å². The van der Waals surface area contributed by atoms with Gasteiger partial charge in [0.2, 0.25) is 0 Å². The van der Waals surface area contributed by atoms with E-state index >= 15 is 0 Å². The summed E-state index contributed by atoms with van der Waals surface area (Å²) in [6, 6.07) is 18.3. The van der Waals surface area contributed by atoms with E-state index in [-0.39, 0.29) is 12.4 Å². The lowest BCUT2D eigenvalue weighted by Gasteiger charge is -2.10. The molecule has 0 unspecified atom stereocenters. The minimum absolute atomic E-state index is 0. The first-order valence-electron chi connectivity index (χ1n) is 6.29. The average molecular weight is 288 g/mol. The van der Waals surface area contributed by atoms with Gasteiger partial charge in [0.05, 0.1) is 0 Å². The lowest BCUT2D eigenvalue weighted by Crippen LogP contribution is -2.13. The highest BCUT2D eigenvalue weighted by Gasteiger charge is 2.01.